The van der Waals surface area contributed by atoms with Crippen molar-refractivity contribution in [3.63, 3.8) is 0 Å². The maximum atomic E-state index is 11.7. The Morgan fingerprint density at radius 2 is 1.86 bits per heavy atom. The molecule has 0 atom stereocenters. The first-order valence-corrected chi connectivity index (χ1v) is 6.56. The Kier molecular flexibility index (Phi) is 4.16. The van der Waals surface area contributed by atoms with Gasteiger partial charge in [-0.2, -0.15) is 4.98 Å². The number of aromatic nitrogens is 1. The Hall–Kier alpha value is -2.83. The molecule has 0 saturated carbocycles. The molecule has 0 radical (unpaired) electrons. The maximum Gasteiger partial charge on any atom is 0.414 e. The van der Waals surface area contributed by atoms with Crippen molar-refractivity contribution in [2.24, 2.45) is 0 Å². The van der Waals surface area contributed by atoms with E-state index in [1.807, 2.05) is 6.07 Å². The Morgan fingerprint density at radius 3 is 2.41 bits per heavy atom. The molecule has 2 N–H and O–H groups in total. The number of nitrogens with one attached hydrogen (secondary N) is 1. The Balaban J connectivity index is 2.29. The molecule has 1 aromatic carbocycles. The van der Waals surface area contributed by atoms with Crippen molar-refractivity contribution >= 4 is 17.9 Å². The third-order valence-electron chi connectivity index (χ3n) is 2.46. The van der Waals surface area contributed by atoms with Crippen molar-refractivity contribution < 1.29 is 23.8 Å². The molecule has 0 fully saturated rings. The quantitative estimate of drug-likeness (QED) is 0.901. The molecular formula is C15H16N2O5. The van der Waals surface area contributed by atoms with Gasteiger partial charge in [0.1, 0.15) is 5.60 Å². The number of carbonyl (C=O) groups excluding carboxylic acids is 1. The van der Waals surface area contributed by atoms with Crippen LogP contribution in [0.3, 0.4) is 0 Å². The lowest BCUT2D eigenvalue weighted by atomic mass is 10.2. The summed E-state index contributed by atoms with van der Waals surface area (Å²) in [6.45, 7) is 5.08. The van der Waals surface area contributed by atoms with Crippen LogP contribution in [-0.4, -0.2) is 27.8 Å². The average molecular weight is 304 g/mol. The Bertz CT molecular complexity index is 686. The number of benzene rings is 1. The fraction of sp³-hybridized carbons (Fsp3) is 0.267. The lowest BCUT2D eigenvalue weighted by Crippen LogP contribution is -2.27. The SMILES string of the molecule is CC(C)(C)OC(=O)Nc1oc(-c2ccccc2)nc1C(=O)O. The number of nitrogens with zero attached hydrogens (tertiary/aromatic N) is 1. The zero-order chi connectivity index (χ0) is 16.3. The minimum atomic E-state index is -1.31. The van der Waals surface area contributed by atoms with Crippen molar-refractivity contribution in [1.82, 2.24) is 4.98 Å². The second kappa shape index (κ2) is 5.88. The maximum absolute atomic E-state index is 11.7. The van der Waals surface area contributed by atoms with Gasteiger partial charge >= 0.3 is 12.1 Å². The van der Waals surface area contributed by atoms with Gasteiger partial charge in [0.05, 0.1) is 0 Å². The van der Waals surface area contributed by atoms with Gasteiger partial charge in [0.25, 0.3) is 0 Å². The van der Waals surface area contributed by atoms with Gasteiger partial charge in [-0.15, -0.1) is 0 Å². The Morgan fingerprint density at radius 1 is 1.23 bits per heavy atom. The summed E-state index contributed by atoms with van der Waals surface area (Å²) in [5.74, 6) is -1.47. The number of carboxylic acid groups (broad SMARTS) is 1. The van der Waals surface area contributed by atoms with E-state index in [-0.39, 0.29) is 17.5 Å². The first-order valence-electron chi connectivity index (χ1n) is 6.56. The first kappa shape index (κ1) is 15.6. The number of anilines is 1. The highest BCUT2D eigenvalue weighted by molar-refractivity contribution is 5.95. The van der Waals surface area contributed by atoms with Crippen molar-refractivity contribution in [3.8, 4) is 11.5 Å². The van der Waals surface area contributed by atoms with Crippen LogP contribution in [0.1, 0.15) is 31.3 Å². The van der Waals surface area contributed by atoms with Crippen LogP contribution in [0.4, 0.5) is 10.7 Å². The summed E-state index contributed by atoms with van der Waals surface area (Å²) < 4.78 is 10.4. The molecule has 1 heterocycles. The lowest BCUT2D eigenvalue weighted by molar-refractivity contribution is 0.0632. The van der Waals surface area contributed by atoms with E-state index < -0.39 is 17.7 Å². The van der Waals surface area contributed by atoms with Crippen LogP contribution in [-0.2, 0) is 4.74 Å². The summed E-state index contributed by atoms with van der Waals surface area (Å²) in [5.41, 5.74) is -0.498. The molecule has 0 saturated heterocycles. The minimum Gasteiger partial charge on any atom is -0.476 e. The zero-order valence-corrected chi connectivity index (χ0v) is 12.4. The molecule has 116 valence electrons. The standard InChI is InChI=1S/C15H16N2O5/c1-15(2,3)22-14(20)17-12-10(13(18)19)16-11(21-12)9-7-5-4-6-8-9/h4-8H,1-3H3,(H,17,20)(H,18,19). The van der Waals surface area contributed by atoms with Crippen LogP contribution in [0.5, 0.6) is 0 Å². The van der Waals surface area contributed by atoms with Crippen molar-refractivity contribution in [1.29, 1.82) is 0 Å². The largest absolute Gasteiger partial charge is 0.476 e. The van der Waals surface area contributed by atoms with Gasteiger partial charge in [-0.25, -0.2) is 9.59 Å². The van der Waals surface area contributed by atoms with Gasteiger partial charge in [-0.05, 0) is 32.9 Å². The van der Waals surface area contributed by atoms with Gasteiger partial charge in [0, 0.05) is 5.56 Å². The van der Waals surface area contributed by atoms with Crippen LogP contribution in [0.15, 0.2) is 34.7 Å². The monoisotopic (exact) mass is 304 g/mol. The first-order chi connectivity index (χ1) is 10.3. The van der Waals surface area contributed by atoms with Crippen LogP contribution in [0.2, 0.25) is 0 Å². The number of hydrogen-bond acceptors (Lipinski definition) is 5. The van der Waals surface area contributed by atoms with Crippen molar-refractivity contribution in [2.75, 3.05) is 5.32 Å². The molecule has 1 aromatic heterocycles. The predicted molar refractivity (Wildman–Crippen MR) is 78.8 cm³/mol. The Labute approximate surface area is 126 Å². The highest BCUT2D eigenvalue weighted by atomic mass is 16.6. The molecule has 0 bridgehead atoms. The normalized spacial score (nSPS) is 11.0. The third-order valence-corrected chi connectivity index (χ3v) is 2.46. The number of carboxylic acids is 1. The number of hydrogen-bond donors (Lipinski definition) is 2. The molecule has 2 aromatic rings. The zero-order valence-electron chi connectivity index (χ0n) is 12.4. The van der Waals surface area contributed by atoms with Gasteiger partial charge in [-0.3, -0.25) is 5.32 Å². The van der Waals surface area contributed by atoms with Gasteiger partial charge < -0.3 is 14.3 Å². The number of ether oxygens (including phenoxy) is 1. The fourth-order valence-electron chi connectivity index (χ4n) is 1.65. The molecule has 7 nitrogen and oxygen atoms in total. The van der Waals surface area contributed by atoms with E-state index in [9.17, 15) is 9.59 Å². The number of amides is 1. The van der Waals surface area contributed by atoms with Crippen LogP contribution < -0.4 is 5.32 Å². The molecule has 0 unspecified atom stereocenters. The van der Waals surface area contributed by atoms with E-state index in [2.05, 4.69) is 10.3 Å². The fourth-order valence-corrected chi connectivity index (χ4v) is 1.65. The molecule has 1 amide bonds. The van der Waals surface area contributed by atoms with Crippen molar-refractivity contribution in [2.45, 2.75) is 26.4 Å². The van der Waals surface area contributed by atoms with Crippen LogP contribution in [0, 0.1) is 0 Å². The van der Waals surface area contributed by atoms with Gasteiger partial charge in [-0.1, -0.05) is 18.2 Å². The number of carbonyl (C=O) groups is 2. The molecule has 0 aliphatic heterocycles. The molecule has 0 spiro atoms. The second-order valence-electron chi connectivity index (χ2n) is 5.49. The average Bonchev–Trinajstić information content (AvgIpc) is 2.81. The van der Waals surface area contributed by atoms with E-state index in [4.69, 9.17) is 14.3 Å². The summed E-state index contributed by atoms with van der Waals surface area (Å²) >= 11 is 0. The van der Waals surface area contributed by atoms with Crippen LogP contribution >= 0.6 is 0 Å². The molecule has 0 aliphatic rings. The lowest BCUT2D eigenvalue weighted by Gasteiger charge is -2.19. The molecule has 2 rings (SSSR count). The van der Waals surface area contributed by atoms with E-state index in [0.29, 0.717) is 5.56 Å². The summed E-state index contributed by atoms with van der Waals surface area (Å²) in [5, 5.41) is 11.4. The molecule has 7 heteroatoms. The molecular weight excluding hydrogens is 288 g/mol. The highest BCUT2D eigenvalue weighted by Crippen LogP contribution is 2.26. The van der Waals surface area contributed by atoms with E-state index in [1.165, 1.54) is 0 Å². The van der Waals surface area contributed by atoms with Crippen molar-refractivity contribution in [3.05, 3.63) is 36.0 Å². The predicted octanol–water partition coefficient (Wildman–Crippen LogP) is 3.39. The summed E-state index contributed by atoms with van der Waals surface area (Å²) in [4.78, 5) is 26.8. The topological polar surface area (TPSA) is 102 Å². The number of rotatable bonds is 3. The second-order valence-corrected chi connectivity index (χ2v) is 5.49. The summed E-state index contributed by atoms with van der Waals surface area (Å²) in [6.07, 6.45) is -0.814. The van der Waals surface area contributed by atoms with E-state index in [0.717, 1.165) is 0 Å². The highest BCUT2D eigenvalue weighted by Gasteiger charge is 2.24. The van der Waals surface area contributed by atoms with Crippen LogP contribution in [0.25, 0.3) is 11.5 Å². The number of oxazole rings is 1. The summed E-state index contributed by atoms with van der Waals surface area (Å²) in [6, 6.07) is 8.77. The molecule has 22 heavy (non-hydrogen) atoms. The van der Waals surface area contributed by atoms with Gasteiger partial charge in [0.2, 0.25) is 17.5 Å². The van der Waals surface area contributed by atoms with Gasteiger partial charge in [0.15, 0.2) is 0 Å². The van der Waals surface area contributed by atoms with E-state index in [1.54, 1.807) is 45.0 Å². The number of aromatic carboxylic acids is 1. The minimum absolute atomic E-state index is 0.101. The third kappa shape index (κ3) is 3.85. The smallest absolute Gasteiger partial charge is 0.414 e. The molecule has 0 aliphatic carbocycles. The van der Waals surface area contributed by atoms with E-state index >= 15 is 0 Å². The summed E-state index contributed by atoms with van der Waals surface area (Å²) in [7, 11) is 0.